The lowest BCUT2D eigenvalue weighted by atomic mass is 9.89. The van der Waals surface area contributed by atoms with Crippen molar-refractivity contribution in [3.63, 3.8) is 0 Å². The van der Waals surface area contributed by atoms with Crippen molar-refractivity contribution in [3.05, 3.63) is 40.1 Å². The maximum absolute atomic E-state index is 12.8. The molecule has 9 N–H and O–H groups in total. The van der Waals surface area contributed by atoms with E-state index in [1.165, 1.54) is 0 Å². The first-order valence-corrected chi connectivity index (χ1v) is 9.63. The molecule has 4 rings (SSSR count). The van der Waals surface area contributed by atoms with Crippen molar-refractivity contribution >= 4 is 11.0 Å². The second-order valence-electron chi connectivity index (χ2n) is 7.61. The summed E-state index contributed by atoms with van der Waals surface area (Å²) in [6.07, 6.45) is -8.25. The van der Waals surface area contributed by atoms with E-state index in [0.717, 1.165) is 24.3 Å². The van der Waals surface area contributed by atoms with Crippen LogP contribution in [0.2, 0.25) is 0 Å². The summed E-state index contributed by atoms with van der Waals surface area (Å²) >= 11 is 0. The monoisotopic (exact) mass is 464 g/mol. The van der Waals surface area contributed by atoms with E-state index < -0.39 is 82.3 Å². The highest BCUT2D eigenvalue weighted by molar-refractivity contribution is 5.88. The molecular weight excluding hydrogens is 444 g/mol. The van der Waals surface area contributed by atoms with Crippen molar-refractivity contribution < 1.29 is 55.1 Å². The van der Waals surface area contributed by atoms with Crippen molar-refractivity contribution in [3.8, 4) is 40.1 Å². The molecule has 3 aromatic rings. The number of benzene rings is 2. The molecule has 33 heavy (non-hydrogen) atoms. The Balaban J connectivity index is 1.88. The van der Waals surface area contributed by atoms with E-state index in [1.54, 1.807) is 0 Å². The van der Waals surface area contributed by atoms with Gasteiger partial charge in [0.1, 0.15) is 64.5 Å². The van der Waals surface area contributed by atoms with Gasteiger partial charge in [0.05, 0.1) is 17.7 Å². The molecule has 0 bridgehead atoms. The third-order valence-electron chi connectivity index (χ3n) is 5.55. The standard InChI is InChI=1S/C21H20O12/c22-5-14-17(28)19(30)20(31)21(33-14)16-11(27)4-13-15(18(16)29)10(26)3-12(32-13)6-1-8(24)9(25)2-7(6)23/h1-4,14,17,19-25,27-31H,5H2/t14?,17-,19+,20?,21+/m1/s1. The second kappa shape index (κ2) is 8.10. The number of phenolic OH excluding ortho intramolecular Hbond substituents is 5. The fraction of sp³-hybridized carbons (Fsp3) is 0.286. The molecule has 12 nitrogen and oxygen atoms in total. The summed E-state index contributed by atoms with van der Waals surface area (Å²) in [5, 5.41) is 89.7. The highest BCUT2D eigenvalue weighted by atomic mass is 16.5. The zero-order valence-electron chi connectivity index (χ0n) is 16.7. The SMILES string of the molecule is O=c1cc(-c2cc(O)c(O)cc2O)oc2cc(O)c([C@@H]3OC(CO)[C@@H](O)[C@H](O)C3O)c(O)c12. The van der Waals surface area contributed by atoms with Crippen LogP contribution >= 0.6 is 0 Å². The number of ether oxygens (including phenoxy) is 1. The summed E-state index contributed by atoms with van der Waals surface area (Å²) in [5.41, 5.74) is -1.83. The molecule has 1 saturated heterocycles. The molecule has 5 atom stereocenters. The van der Waals surface area contributed by atoms with Crippen LogP contribution in [-0.4, -0.2) is 77.0 Å². The number of aliphatic hydroxyl groups excluding tert-OH is 4. The zero-order chi connectivity index (χ0) is 24.2. The van der Waals surface area contributed by atoms with E-state index in [9.17, 15) is 50.8 Å². The lowest BCUT2D eigenvalue weighted by Crippen LogP contribution is -2.55. The Morgan fingerprint density at radius 1 is 0.788 bits per heavy atom. The quantitative estimate of drug-likeness (QED) is 0.177. The molecule has 0 aliphatic carbocycles. The average Bonchev–Trinajstić information content (AvgIpc) is 2.75. The normalized spacial score (nSPS) is 25.4. The van der Waals surface area contributed by atoms with Gasteiger partial charge in [-0.2, -0.15) is 0 Å². The van der Waals surface area contributed by atoms with E-state index in [4.69, 9.17) is 9.15 Å². The fourth-order valence-electron chi connectivity index (χ4n) is 3.82. The topological polar surface area (TPSA) is 222 Å². The average molecular weight is 464 g/mol. The molecule has 1 aliphatic heterocycles. The second-order valence-corrected chi connectivity index (χ2v) is 7.61. The van der Waals surface area contributed by atoms with Crippen LogP contribution in [0.25, 0.3) is 22.3 Å². The molecule has 176 valence electrons. The van der Waals surface area contributed by atoms with Gasteiger partial charge in [-0.05, 0) is 6.07 Å². The van der Waals surface area contributed by atoms with Gasteiger partial charge in [0.25, 0.3) is 0 Å². The van der Waals surface area contributed by atoms with Crippen LogP contribution in [0.3, 0.4) is 0 Å². The third-order valence-corrected chi connectivity index (χ3v) is 5.55. The van der Waals surface area contributed by atoms with Crippen LogP contribution in [0.4, 0.5) is 0 Å². The van der Waals surface area contributed by atoms with Crippen molar-refractivity contribution in [2.24, 2.45) is 0 Å². The fourth-order valence-corrected chi connectivity index (χ4v) is 3.82. The molecule has 0 saturated carbocycles. The molecule has 0 spiro atoms. The number of hydrogen-bond donors (Lipinski definition) is 9. The first-order valence-electron chi connectivity index (χ1n) is 9.63. The molecule has 0 radical (unpaired) electrons. The summed E-state index contributed by atoms with van der Waals surface area (Å²) in [6.45, 7) is -0.745. The largest absolute Gasteiger partial charge is 0.507 e. The highest BCUT2D eigenvalue weighted by Crippen LogP contribution is 2.45. The Morgan fingerprint density at radius 2 is 1.45 bits per heavy atom. The van der Waals surface area contributed by atoms with Gasteiger partial charge in [0.15, 0.2) is 16.9 Å². The van der Waals surface area contributed by atoms with Crippen molar-refractivity contribution in [2.75, 3.05) is 6.61 Å². The Bertz CT molecular complexity index is 1280. The molecule has 12 heteroatoms. The van der Waals surface area contributed by atoms with Crippen LogP contribution in [-0.2, 0) is 4.74 Å². The first kappa shape index (κ1) is 22.6. The summed E-state index contributed by atoms with van der Waals surface area (Å²) in [6, 6.07) is 3.57. The highest BCUT2D eigenvalue weighted by Gasteiger charge is 2.46. The van der Waals surface area contributed by atoms with Crippen LogP contribution < -0.4 is 5.43 Å². The third kappa shape index (κ3) is 3.59. The molecule has 2 unspecified atom stereocenters. The van der Waals surface area contributed by atoms with Crippen LogP contribution in [0.1, 0.15) is 11.7 Å². The van der Waals surface area contributed by atoms with Gasteiger partial charge in [0.2, 0.25) is 0 Å². The van der Waals surface area contributed by atoms with E-state index >= 15 is 0 Å². The molecule has 0 amide bonds. The Morgan fingerprint density at radius 3 is 2.12 bits per heavy atom. The lowest BCUT2D eigenvalue weighted by Gasteiger charge is -2.40. The molecule has 1 fully saturated rings. The summed E-state index contributed by atoms with van der Waals surface area (Å²) < 4.78 is 10.9. The number of fused-ring (bicyclic) bond motifs is 1. The predicted molar refractivity (Wildman–Crippen MR) is 109 cm³/mol. The molecule has 1 aromatic heterocycles. The van der Waals surface area contributed by atoms with Crippen LogP contribution in [0.5, 0.6) is 28.7 Å². The van der Waals surface area contributed by atoms with Crippen molar-refractivity contribution in [1.82, 2.24) is 0 Å². The minimum atomic E-state index is -1.83. The minimum absolute atomic E-state index is 0.165. The first-order chi connectivity index (χ1) is 15.5. The molecule has 1 aliphatic rings. The number of phenols is 5. The lowest BCUT2D eigenvalue weighted by molar-refractivity contribution is -0.232. The zero-order valence-corrected chi connectivity index (χ0v) is 16.7. The summed E-state index contributed by atoms with van der Waals surface area (Å²) in [5.74, 6) is -3.55. The van der Waals surface area contributed by atoms with Crippen molar-refractivity contribution in [2.45, 2.75) is 30.5 Å². The number of hydrogen-bond acceptors (Lipinski definition) is 12. The number of rotatable bonds is 3. The van der Waals surface area contributed by atoms with E-state index in [0.29, 0.717) is 0 Å². The molecular formula is C21H20O12. The molecule has 2 aromatic carbocycles. The van der Waals surface area contributed by atoms with Gasteiger partial charge in [-0.3, -0.25) is 4.79 Å². The van der Waals surface area contributed by atoms with Gasteiger partial charge in [0, 0.05) is 18.2 Å². The van der Waals surface area contributed by atoms with Gasteiger partial charge in [-0.25, -0.2) is 0 Å². The van der Waals surface area contributed by atoms with E-state index in [1.807, 2.05) is 0 Å². The van der Waals surface area contributed by atoms with Gasteiger partial charge in [-0.15, -0.1) is 0 Å². The van der Waals surface area contributed by atoms with Crippen molar-refractivity contribution in [1.29, 1.82) is 0 Å². The Kier molecular flexibility index (Phi) is 5.56. The smallest absolute Gasteiger partial charge is 0.197 e. The van der Waals surface area contributed by atoms with Crippen LogP contribution in [0.15, 0.2) is 33.5 Å². The van der Waals surface area contributed by atoms with Gasteiger partial charge in [-0.1, -0.05) is 0 Å². The minimum Gasteiger partial charge on any atom is -0.507 e. The number of aliphatic hydroxyl groups is 4. The summed E-state index contributed by atoms with van der Waals surface area (Å²) in [7, 11) is 0. The van der Waals surface area contributed by atoms with E-state index in [-0.39, 0.29) is 16.9 Å². The Hall–Kier alpha value is -3.55. The number of aromatic hydroxyl groups is 5. The summed E-state index contributed by atoms with van der Waals surface area (Å²) in [4.78, 5) is 12.8. The Labute approximate surface area is 184 Å². The predicted octanol–water partition coefficient (Wildman–Crippen LogP) is -0.497. The maximum Gasteiger partial charge on any atom is 0.197 e. The van der Waals surface area contributed by atoms with Crippen LogP contribution in [0, 0.1) is 0 Å². The molecule has 2 heterocycles. The van der Waals surface area contributed by atoms with E-state index in [2.05, 4.69) is 0 Å². The van der Waals surface area contributed by atoms with Gasteiger partial charge < -0.3 is 55.1 Å². The maximum atomic E-state index is 12.8. The van der Waals surface area contributed by atoms with Gasteiger partial charge >= 0.3 is 0 Å².